The molecule has 0 bridgehead atoms. The summed E-state index contributed by atoms with van der Waals surface area (Å²) in [5.74, 6) is 0.324. The van der Waals surface area contributed by atoms with Gasteiger partial charge in [-0.3, -0.25) is 0 Å². The van der Waals surface area contributed by atoms with Gasteiger partial charge < -0.3 is 8.37 Å². The number of hydrogen-bond donors (Lipinski definition) is 0. The number of allylic oxidation sites excluding steroid dienone is 2. The van der Waals surface area contributed by atoms with Gasteiger partial charge in [0.05, 0.1) is 0 Å². The molecule has 212 valence electrons. The average Bonchev–Trinajstić information content (AvgIpc) is 2.93. The summed E-state index contributed by atoms with van der Waals surface area (Å²) in [4.78, 5) is 0.0697. The number of para-hydroxylation sites is 2. The SMILES string of the molecule is CC=Cc1cccc(Cc2cccc(C=CC)c2OS(=O)(=O)c2ccc(C)cc2)c1OS(=O)(=O)c1ccc(C)cc1. The maximum Gasteiger partial charge on any atom is 0.339 e. The Kier molecular flexibility index (Phi) is 9.15. The zero-order valence-corrected chi connectivity index (χ0v) is 25.0. The summed E-state index contributed by atoms with van der Waals surface area (Å²) >= 11 is 0. The zero-order chi connectivity index (χ0) is 29.6. The van der Waals surface area contributed by atoms with E-state index in [9.17, 15) is 16.8 Å². The van der Waals surface area contributed by atoms with E-state index in [-0.39, 0.29) is 27.7 Å². The highest BCUT2D eigenvalue weighted by Gasteiger charge is 2.24. The van der Waals surface area contributed by atoms with Crippen molar-refractivity contribution in [1.82, 2.24) is 0 Å². The Morgan fingerprint density at radius 3 is 1.27 bits per heavy atom. The molecular formula is C33H32O6S2. The highest BCUT2D eigenvalue weighted by Crippen LogP contribution is 2.35. The van der Waals surface area contributed by atoms with Gasteiger partial charge in [0.25, 0.3) is 0 Å². The predicted octanol–water partition coefficient (Wildman–Crippen LogP) is 7.50. The zero-order valence-electron chi connectivity index (χ0n) is 23.4. The van der Waals surface area contributed by atoms with Crippen LogP contribution in [0, 0.1) is 13.8 Å². The second-order valence-electron chi connectivity index (χ2n) is 9.55. The monoisotopic (exact) mass is 588 g/mol. The van der Waals surface area contributed by atoms with Crippen LogP contribution >= 0.6 is 0 Å². The molecule has 0 atom stereocenters. The van der Waals surface area contributed by atoms with Crippen molar-refractivity contribution in [1.29, 1.82) is 0 Å². The van der Waals surface area contributed by atoms with Crippen LogP contribution in [0.25, 0.3) is 12.2 Å². The molecule has 0 amide bonds. The molecule has 0 radical (unpaired) electrons. The van der Waals surface area contributed by atoms with E-state index in [4.69, 9.17) is 8.37 Å². The van der Waals surface area contributed by atoms with Crippen LogP contribution in [0.1, 0.15) is 47.2 Å². The van der Waals surface area contributed by atoms with Crippen LogP contribution in [0.4, 0.5) is 0 Å². The molecule has 4 rings (SSSR count). The summed E-state index contributed by atoms with van der Waals surface area (Å²) < 4.78 is 64.7. The molecule has 0 saturated heterocycles. The summed E-state index contributed by atoms with van der Waals surface area (Å²) in [6, 6.07) is 23.5. The Morgan fingerprint density at radius 2 is 0.927 bits per heavy atom. The van der Waals surface area contributed by atoms with Crippen molar-refractivity contribution in [2.45, 2.75) is 43.9 Å². The van der Waals surface area contributed by atoms with Gasteiger partial charge in [-0.15, -0.1) is 0 Å². The lowest BCUT2D eigenvalue weighted by Gasteiger charge is -2.17. The summed E-state index contributed by atoms with van der Waals surface area (Å²) in [5, 5.41) is 0. The molecule has 8 heteroatoms. The number of rotatable bonds is 10. The molecule has 0 aliphatic heterocycles. The second-order valence-corrected chi connectivity index (χ2v) is 12.6. The van der Waals surface area contributed by atoms with Crippen LogP contribution < -0.4 is 8.37 Å². The van der Waals surface area contributed by atoms with Gasteiger partial charge in [0.15, 0.2) is 11.5 Å². The minimum Gasteiger partial charge on any atom is -0.378 e. The second kappa shape index (κ2) is 12.6. The quantitative estimate of drug-likeness (QED) is 0.178. The van der Waals surface area contributed by atoms with Crippen LogP contribution in [0.3, 0.4) is 0 Å². The van der Waals surface area contributed by atoms with Crippen molar-refractivity contribution in [2.24, 2.45) is 0 Å². The minimum atomic E-state index is -4.15. The Balaban J connectivity index is 1.80. The van der Waals surface area contributed by atoms with E-state index in [1.807, 2.05) is 27.7 Å². The largest absolute Gasteiger partial charge is 0.378 e. The lowest BCUT2D eigenvalue weighted by molar-refractivity contribution is 0.481. The molecule has 0 N–H and O–H groups in total. The molecule has 4 aromatic rings. The van der Waals surface area contributed by atoms with Crippen molar-refractivity contribution in [2.75, 3.05) is 0 Å². The summed E-state index contributed by atoms with van der Waals surface area (Å²) in [6.07, 6.45) is 7.26. The first-order valence-electron chi connectivity index (χ1n) is 13.1. The molecule has 0 saturated carbocycles. The van der Waals surface area contributed by atoms with E-state index >= 15 is 0 Å². The topological polar surface area (TPSA) is 86.7 Å². The van der Waals surface area contributed by atoms with Gasteiger partial charge in [-0.25, -0.2) is 0 Å². The third-order valence-electron chi connectivity index (χ3n) is 6.33. The van der Waals surface area contributed by atoms with Gasteiger partial charge in [-0.05, 0) is 52.0 Å². The highest BCUT2D eigenvalue weighted by atomic mass is 32.2. The molecule has 0 aliphatic carbocycles. The van der Waals surface area contributed by atoms with Crippen LogP contribution in [0.5, 0.6) is 11.5 Å². The molecule has 0 aliphatic rings. The number of benzene rings is 4. The first kappa shape index (κ1) is 29.8. The normalized spacial score (nSPS) is 12.2. The average molecular weight is 589 g/mol. The van der Waals surface area contributed by atoms with E-state index < -0.39 is 20.2 Å². The van der Waals surface area contributed by atoms with Gasteiger partial charge in [0.2, 0.25) is 0 Å². The molecule has 41 heavy (non-hydrogen) atoms. The summed E-state index contributed by atoms with van der Waals surface area (Å²) in [5.41, 5.74) is 4.08. The fourth-order valence-electron chi connectivity index (χ4n) is 4.24. The van der Waals surface area contributed by atoms with Gasteiger partial charge in [-0.2, -0.15) is 16.8 Å². The predicted molar refractivity (Wildman–Crippen MR) is 163 cm³/mol. The van der Waals surface area contributed by atoms with Crippen molar-refractivity contribution < 1.29 is 25.2 Å². The van der Waals surface area contributed by atoms with Crippen molar-refractivity contribution in [3.63, 3.8) is 0 Å². The molecule has 0 spiro atoms. The smallest absolute Gasteiger partial charge is 0.339 e. The first-order valence-corrected chi connectivity index (χ1v) is 15.9. The van der Waals surface area contributed by atoms with Gasteiger partial charge in [-0.1, -0.05) is 96.1 Å². The summed E-state index contributed by atoms with van der Waals surface area (Å²) in [7, 11) is -8.31. The van der Waals surface area contributed by atoms with E-state index in [0.717, 1.165) is 11.1 Å². The Hall–Kier alpha value is -4.14. The molecule has 0 unspecified atom stereocenters. The van der Waals surface area contributed by atoms with Crippen LogP contribution in [0.2, 0.25) is 0 Å². The summed E-state index contributed by atoms with van der Waals surface area (Å²) in [6.45, 7) is 7.40. The third-order valence-corrected chi connectivity index (χ3v) is 8.80. The number of aryl methyl sites for hydroxylation is 2. The van der Waals surface area contributed by atoms with Crippen molar-refractivity contribution in [3.05, 3.63) is 130 Å². The lowest BCUT2D eigenvalue weighted by atomic mass is 9.98. The fourth-order valence-corrected chi connectivity index (χ4v) is 6.22. The van der Waals surface area contributed by atoms with Crippen LogP contribution in [-0.2, 0) is 26.7 Å². The van der Waals surface area contributed by atoms with Crippen molar-refractivity contribution >= 4 is 32.4 Å². The molecule has 6 nitrogen and oxygen atoms in total. The van der Waals surface area contributed by atoms with Gasteiger partial charge in [0, 0.05) is 28.7 Å². The standard InChI is InChI=1S/C33H32O6S2/c1-5-9-26-11-7-13-28(32(26)38-40(34,35)30-19-15-24(3)16-20-30)23-29-14-8-12-27(10-6-2)33(29)39-41(36,37)31-21-17-25(4)18-22-31/h5-22H,23H2,1-4H3. The molecule has 0 aromatic heterocycles. The minimum absolute atomic E-state index is 0.0348. The first-order chi connectivity index (χ1) is 19.5. The van der Waals surface area contributed by atoms with Crippen LogP contribution in [-0.4, -0.2) is 16.8 Å². The van der Waals surface area contributed by atoms with Gasteiger partial charge >= 0.3 is 20.2 Å². The van der Waals surface area contributed by atoms with E-state index in [2.05, 4.69) is 0 Å². The molecule has 0 heterocycles. The molecule has 0 fully saturated rings. The maximum absolute atomic E-state index is 13.3. The van der Waals surface area contributed by atoms with Crippen molar-refractivity contribution in [3.8, 4) is 11.5 Å². The Labute approximate surface area is 242 Å². The highest BCUT2D eigenvalue weighted by molar-refractivity contribution is 7.87. The maximum atomic E-state index is 13.3. The third kappa shape index (κ3) is 7.14. The molecular weight excluding hydrogens is 556 g/mol. The fraction of sp³-hybridized carbons (Fsp3) is 0.152. The van der Waals surface area contributed by atoms with E-state index in [1.54, 1.807) is 85.0 Å². The van der Waals surface area contributed by atoms with Gasteiger partial charge in [0.1, 0.15) is 9.79 Å². The van der Waals surface area contributed by atoms with E-state index in [0.29, 0.717) is 22.3 Å². The molecule has 4 aromatic carbocycles. The Bertz CT molecular complexity index is 1670. The van der Waals surface area contributed by atoms with Crippen LogP contribution in [0.15, 0.2) is 107 Å². The Morgan fingerprint density at radius 1 is 0.561 bits per heavy atom. The number of hydrogen-bond acceptors (Lipinski definition) is 6. The lowest BCUT2D eigenvalue weighted by Crippen LogP contribution is -2.13. The van der Waals surface area contributed by atoms with E-state index in [1.165, 1.54) is 24.3 Å².